The highest BCUT2D eigenvalue weighted by Crippen LogP contribution is 2.14. The summed E-state index contributed by atoms with van der Waals surface area (Å²) >= 11 is 1.55. The van der Waals surface area contributed by atoms with Crippen LogP contribution in [0.5, 0.6) is 0 Å². The normalized spacial score (nSPS) is 9.90. The number of thiophene rings is 1. The molecule has 0 saturated carbocycles. The van der Waals surface area contributed by atoms with Crippen molar-refractivity contribution in [1.82, 2.24) is 5.32 Å². The Balaban J connectivity index is 1.90. The van der Waals surface area contributed by atoms with Gasteiger partial charge in [-0.1, -0.05) is 11.8 Å². The van der Waals surface area contributed by atoms with Gasteiger partial charge in [-0.25, -0.2) is 0 Å². The predicted molar refractivity (Wildman–Crippen MR) is 77.5 cm³/mol. The van der Waals surface area contributed by atoms with Gasteiger partial charge in [0.25, 0.3) is 5.91 Å². The van der Waals surface area contributed by atoms with Crippen LogP contribution in [0, 0.1) is 18.8 Å². The number of hydrogen-bond donors (Lipinski definition) is 2. The number of carbonyl (C=O) groups excluding carboxylic acids is 1. The first kappa shape index (κ1) is 14.4. The quantitative estimate of drug-likeness (QED) is 0.849. The van der Waals surface area contributed by atoms with Crippen molar-refractivity contribution in [3.05, 3.63) is 45.5 Å². The van der Waals surface area contributed by atoms with Crippen molar-refractivity contribution in [3.63, 3.8) is 0 Å². The summed E-state index contributed by atoms with van der Waals surface area (Å²) in [5.41, 5.74) is 1.47. The van der Waals surface area contributed by atoms with Gasteiger partial charge in [-0.05, 0) is 19.1 Å². The van der Waals surface area contributed by atoms with Gasteiger partial charge in [-0.2, -0.15) is 0 Å². The van der Waals surface area contributed by atoms with Gasteiger partial charge >= 0.3 is 0 Å². The molecular weight excluding hydrogens is 274 g/mol. The first-order chi connectivity index (χ1) is 9.70. The maximum absolute atomic E-state index is 11.9. The van der Waals surface area contributed by atoms with Crippen LogP contribution in [0.3, 0.4) is 0 Å². The molecule has 0 spiro atoms. The average Bonchev–Trinajstić information content (AvgIpc) is 3.05. The van der Waals surface area contributed by atoms with Crippen LogP contribution >= 0.6 is 11.3 Å². The Morgan fingerprint density at radius 2 is 2.40 bits per heavy atom. The summed E-state index contributed by atoms with van der Waals surface area (Å²) in [5.74, 6) is 6.30. The van der Waals surface area contributed by atoms with E-state index < -0.39 is 0 Å². The summed E-state index contributed by atoms with van der Waals surface area (Å²) in [4.78, 5) is 12.9. The Labute approximate surface area is 121 Å². The van der Waals surface area contributed by atoms with Gasteiger partial charge in [0.05, 0.1) is 25.0 Å². The maximum atomic E-state index is 11.9. The minimum atomic E-state index is -0.141. The van der Waals surface area contributed by atoms with E-state index in [1.165, 1.54) is 6.26 Å². The minimum absolute atomic E-state index is 0.0735. The number of amides is 1. The fraction of sp³-hybridized carbons (Fsp3) is 0.267. The number of nitrogens with one attached hydrogen (secondary N) is 1. The van der Waals surface area contributed by atoms with E-state index in [1.807, 2.05) is 11.4 Å². The van der Waals surface area contributed by atoms with Gasteiger partial charge < -0.3 is 14.8 Å². The molecule has 0 bridgehead atoms. The smallest absolute Gasteiger partial charge is 0.255 e. The molecule has 4 nitrogen and oxygen atoms in total. The average molecular weight is 289 g/mol. The van der Waals surface area contributed by atoms with Crippen LogP contribution in [0.4, 0.5) is 0 Å². The molecule has 2 heterocycles. The fourth-order valence-electron chi connectivity index (χ4n) is 1.64. The first-order valence-corrected chi connectivity index (χ1v) is 7.08. The highest BCUT2D eigenvalue weighted by atomic mass is 32.1. The number of aliphatic hydroxyl groups is 1. The summed E-state index contributed by atoms with van der Waals surface area (Å²) in [7, 11) is 0. The fourth-order valence-corrected chi connectivity index (χ4v) is 2.40. The molecular formula is C15H15NO3S. The molecule has 20 heavy (non-hydrogen) atoms. The Bertz CT molecular complexity index is 645. The molecule has 2 rings (SSSR count). The van der Waals surface area contributed by atoms with Crippen LogP contribution in [0.2, 0.25) is 0 Å². The second kappa shape index (κ2) is 6.94. The van der Waals surface area contributed by atoms with E-state index in [4.69, 9.17) is 9.52 Å². The maximum Gasteiger partial charge on any atom is 0.255 e. The van der Waals surface area contributed by atoms with Gasteiger partial charge in [0, 0.05) is 22.2 Å². The van der Waals surface area contributed by atoms with Crippen molar-refractivity contribution < 1.29 is 14.3 Å². The van der Waals surface area contributed by atoms with Crippen LogP contribution in [-0.4, -0.2) is 17.6 Å². The van der Waals surface area contributed by atoms with Gasteiger partial charge in [0.1, 0.15) is 5.76 Å². The number of furan rings is 1. The van der Waals surface area contributed by atoms with E-state index in [0.29, 0.717) is 24.3 Å². The third-order valence-electron chi connectivity index (χ3n) is 2.65. The lowest BCUT2D eigenvalue weighted by molar-refractivity contribution is 0.0950. The van der Waals surface area contributed by atoms with Gasteiger partial charge in [0.15, 0.2) is 0 Å². The molecule has 2 aromatic heterocycles. The van der Waals surface area contributed by atoms with Crippen molar-refractivity contribution in [2.45, 2.75) is 19.9 Å². The van der Waals surface area contributed by atoms with Crippen molar-refractivity contribution >= 4 is 17.2 Å². The lowest BCUT2D eigenvalue weighted by Crippen LogP contribution is -2.22. The minimum Gasteiger partial charge on any atom is -0.469 e. The monoisotopic (exact) mass is 289 g/mol. The molecule has 0 aromatic carbocycles. The van der Waals surface area contributed by atoms with Crippen LogP contribution < -0.4 is 5.32 Å². The number of hydrogen-bond acceptors (Lipinski definition) is 4. The Morgan fingerprint density at radius 1 is 1.55 bits per heavy atom. The van der Waals surface area contributed by atoms with Crippen molar-refractivity contribution in [3.8, 4) is 11.8 Å². The van der Waals surface area contributed by atoms with E-state index in [0.717, 1.165) is 10.4 Å². The highest BCUT2D eigenvalue weighted by molar-refractivity contribution is 7.10. The number of aliphatic hydroxyl groups excluding tert-OH is 1. The second-order valence-electron chi connectivity index (χ2n) is 4.15. The third-order valence-corrected chi connectivity index (χ3v) is 3.59. The molecule has 5 heteroatoms. The molecule has 0 aliphatic heterocycles. The molecule has 2 aromatic rings. The largest absolute Gasteiger partial charge is 0.469 e. The Morgan fingerprint density at radius 3 is 3.10 bits per heavy atom. The Hall–Kier alpha value is -2.03. The van der Waals surface area contributed by atoms with Gasteiger partial charge in [0.2, 0.25) is 0 Å². The zero-order valence-corrected chi connectivity index (χ0v) is 11.9. The molecule has 0 saturated heterocycles. The molecule has 104 valence electrons. The van der Waals surface area contributed by atoms with E-state index in [1.54, 1.807) is 24.3 Å². The molecule has 0 unspecified atom stereocenters. The van der Waals surface area contributed by atoms with E-state index in [2.05, 4.69) is 17.2 Å². The predicted octanol–water partition coefficient (Wildman–Crippen LogP) is 2.31. The van der Waals surface area contributed by atoms with Crippen LogP contribution in [0.25, 0.3) is 0 Å². The van der Waals surface area contributed by atoms with Crippen LogP contribution in [0.1, 0.15) is 33.0 Å². The van der Waals surface area contributed by atoms with Crippen LogP contribution in [0.15, 0.2) is 28.2 Å². The molecule has 0 atom stereocenters. The molecule has 0 aliphatic rings. The summed E-state index contributed by atoms with van der Waals surface area (Å²) in [6.07, 6.45) is 1.98. The topological polar surface area (TPSA) is 62.5 Å². The SMILES string of the molecule is Cc1occc1C(=O)NCc1cc(C#CCCO)cs1. The molecule has 0 radical (unpaired) electrons. The number of carbonyl (C=O) groups is 1. The van der Waals surface area contributed by atoms with Crippen molar-refractivity contribution in [1.29, 1.82) is 0 Å². The lowest BCUT2D eigenvalue weighted by atomic mass is 10.2. The molecule has 1 amide bonds. The molecule has 0 aliphatic carbocycles. The second-order valence-corrected chi connectivity index (χ2v) is 5.15. The standard InChI is InChI=1S/C15H15NO3S/c1-11-14(5-7-19-11)15(18)16-9-13-8-12(10-20-13)4-2-3-6-17/h5,7-8,10,17H,3,6,9H2,1H3,(H,16,18). The first-order valence-electron chi connectivity index (χ1n) is 6.20. The van der Waals surface area contributed by atoms with E-state index in [-0.39, 0.29) is 12.5 Å². The zero-order valence-electron chi connectivity index (χ0n) is 11.1. The van der Waals surface area contributed by atoms with Gasteiger partial charge in [-0.3, -0.25) is 4.79 Å². The molecule has 0 fully saturated rings. The van der Waals surface area contributed by atoms with Crippen LogP contribution in [-0.2, 0) is 6.54 Å². The number of rotatable bonds is 4. The lowest BCUT2D eigenvalue weighted by Gasteiger charge is -2.01. The third kappa shape index (κ3) is 3.73. The summed E-state index contributed by atoms with van der Waals surface area (Å²) in [6.45, 7) is 2.30. The highest BCUT2D eigenvalue weighted by Gasteiger charge is 2.11. The summed E-state index contributed by atoms with van der Waals surface area (Å²) < 4.78 is 5.10. The van der Waals surface area contributed by atoms with Gasteiger partial charge in [-0.15, -0.1) is 11.3 Å². The van der Waals surface area contributed by atoms with E-state index >= 15 is 0 Å². The van der Waals surface area contributed by atoms with E-state index in [9.17, 15) is 4.79 Å². The zero-order chi connectivity index (χ0) is 14.4. The van der Waals surface area contributed by atoms with Crippen molar-refractivity contribution in [2.75, 3.05) is 6.61 Å². The summed E-state index contributed by atoms with van der Waals surface area (Å²) in [5, 5.41) is 13.4. The number of aryl methyl sites for hydroxylation is 1. The van der Waals surface area contributed by atoms with Crippen molar-refractivity contribution in [2.24, 2.45) is 0 Å². The molecule has 2 N–H and O–H groups in total. The summed E-state index contributed by atoms with van der Waals surface area (Å²) in [6, 6.07) is 3.60. The Kier molecular flexibility index (Phi) is 4.99.